The third kappa shape index (κ3) is 4.83. The number of aryl methyl sites for hydroxylation is 3. The molecule has 0 aliphatic heterocycles. The van der Waals surface area contributed by atoms with Gasteiger partial charge in [0, 0.05) is 11.9 Å². The van der Waals surface area contributed by atoms with E-state index in [9.17, 15) is 8.42 Å². The molecule has 5 nitrogen and oxygen atoms in total. The summed E-state index contributed by atoms with van der Waals surface area (Å²) in [5.74, 6) is 0.324. The van der Waals surface area contributed by atoms with E-state index in [1.807, 2.05) is 32.0 Å². The molecule has 3 N–H and O–H groups in total. The Morgan fingerprint density at radius 3 is 2.25 bits per heavy atom. The highest BCUT2D eigenvalue weighted by Gasteiger charge is 2.10. The highest BCUT2D eigenvalue weighted by Crippen LogP contribution is 2.17. The number of nitrogens with zero attached hydrogens (tertiary/aromatic N) is 1. The molecule has 6 heteroatoms. The zero-order chi connectivity index (χ0) is 17.9. The summed E-state index contributed by atoms with van der Waals surface area (Å²) in [5.41, 5.74) is 10.8. The number of aliphatic imine (C=N–C) groups is 1. The minimum Gasteiger partial charge on any atom is -0.370 e. The van der Waals surface area contributed by atoms with Crippen LogP contribution in [0.4, 0.5) is 5.69 Å². The van der Waals surface area contributed by atoms with Gasteiger partial charge in [-0.2, -0.15) is 0 Å². The largest absolute Gasteiger partial charge is 0.370 e. The third-order valence-electron chi connectivity index (χ3n) is 3.56. The Morgan fingerprint density at radius 2 is 1.71 bits per heavy atom. The second-order valence-electron chi connectivity index (χ2n) is 6.07. The Hall–Kier alpha value is -2.34. The molecule has 0 aromatic heterocycles. The van der Waals surface area contributed by atoms with Crippen molar-refractivity contribution < 1.29 is 8.42 Å². The molecule has 0 aliphatic rings. The number of benzene rings is 2. The molecule has 0 spiro atoms. The topological polar surface area (TPSA) is 84.5 Å². The minimum absolute atomic E-state index is 0.324. The Kier molecular flexibility index (Phi) is 5.29. The zero-order valence-electron chi connectivity index (χ0n) is 14.4. The lowest BCUT2D eigenvalue weighted by atomic mass is 10.1. The molecule has 2 aromatic carbocycles. The molecule has 0 fully saturated rings. The van der Waals surface area contributed by atoms with E-state index in [1.54, 1.807) is 19.1 Å². The van der Waals surface area contributed by atoms with Crippen molar-refractivity contribution in [1.82, 2.24) is 0 Å². The summed E-state index contributed by atoms with van der Waals surface area (Å²) in [6.45, 7) is 6.21. The molecule has 0 saturated carbocycles. The van der Waals surface area contributed by atoms with E-state index in [0.29, 0.717) is 23.0 Å². The highest BCUT2D eigenvalue weighted by atomic mass is 32.2. The first-order valence-corrected chi connectivity index (χ1v) is 9.49. The van der Waals surface area contributed by atoms with Crippen molar-refractivity contribution >= 4 is 21.5 Å². The van der Waals surface area contributed by atoms with E-state index >= 15 is 0 Å². The lowest BCUT2D eigenvalue weighted by Gasteiger charge is -2.09. The molecule has 24 heavy (non-hydrogen) atoms. The molecule has 0 unspecified atom stereocenters. The standard InChI is InChI=1S/C18H23N3O2S/c1-12-7-13(2)9-16(8-12)21-18(19)20-11-15-5-6-17(14(3)10-15)24(4,22)23/h5-10H,11H2,1-4H3,(H3,19,20,21). The van der Waals surface area contributed by atoms with Gasteiger partial charge < -0.3 is 11.1 Å². The summed E-state index contributed by atoms with van der Waals surface area (Å²) in [6, 6.07) is 11.3. The number of rotatable bonds is 4. The number of guanidine groups is 1. The summed E-state index contributed by atoms with van der Waals surface area (Å²) in [7, 11) is -3.20. The smallest absolute Gasteiger partial charge is 0.193 e. The van der Waals surface area contributed by atoms with E-state index in [-0.39, 0.29) is 0 Å². The molecule has 0 saturated heterocycles. The average Bonchev–Trinajstić information content (AvgIpc) is 2.42. The lowest BCUT2D eigenvalue weighted by Crippen LogP contribution is -2.22. The number of nitrogens with two attached hydrogens (primary N) is 1. The molecule has 0 radical (unpaired) electrons. The van der Waals surface area contributed by atoms with E-state index in [4.69, 9.17) is 5.73 Å². The van der Waals surface area contributed by atoms with Gasteiger partial charge in [-0.3, -0.25) is 0 Å². The van der Waals surface area contributed by atoms with Gasteiger partial charge in [0.1, 0.15) is 0 Å². The fourth-order valence-electron chi connectivity index (χ4n) is 2.64. The van der Waals surface area contributed by atoms with E-state index in [1.165, 1.54) is 6.26 Å². The molecule has 0 amide bonds. The van der Waals surface area contributed by atoms with Gasteiger partial charge in [0.25, 0.3) is 0 Å². The van der Waals surface area contributed by atoms with Crippen LogP contribution < -0.4 is 11.1 Å². The monoisotopic (exact) mass is 345 g/mol. The van der Waals surface area contributed by atoms with Gasteiger partial charge in [0.2, 0.25) is 0 Å². The fraction of sp³-hybridized carbons (Fsp3) is 0.278. The van der Waals surface area contributed by atoms with Gasteiger partial charge in [-0.1, -0.05) is 18.2 Å². The maximum Gasteiger partial charge on any atom is 0.193 e. The van der Waals surface area contributed by atoms with Crippen LogP contribution in [0.3, 0.4) is 0 Å². The Balaban J connectivity index is 2.11. The number of hydrogen-bond acceptors (Lipinski definition) is 3. The average molecular weight is 345 g/mol. The Labute approximate surface area is 143 Å². The van der Waals surface area contributed by atoms with Gasteiger partial charge in [0.15, 0.2) is 15.8 Å². The first-order chi connectivity index (χ1) is 11.1. The van der Waals surface area contributed by atoms with Crippen LogP contribution >= 0.6 is 0 Å². The normalized spacial score (nSPS) is 12.2. The molecular weight excluding hydrogens is 322 g/mol. The Morgan fingerprint density at radius 1 is 1.08 bits per heavy atom. The molecule has 0 bridgehead atoms. The fourth-order valence-corrected chi connectivity index (χ4v) is 3.60. The van der Waals surface area contributed by atoms with Crippen LogP contribution in [-0.2, 0) is 16.4 Å². The molecule has 2 rings (SSSR count). The number of nitrogens with one attached hydrogen (secondary N) is 1. The maximum atomic E-state index is 11.6. The van der Waals surface area contributed by atoms with Gasteiger partial charge in [-0.15, -0.1) is 0 Å². The van der Waals surface area contributed by atoms with Crippen LogP contribution in [0.5, 0.6) is 0 Å². The van der Waals surface area contributed by atoms with Crippen molar-refractivity contribution in [2.45, 2.75) is 32.2 Å². The van der Waals surface area contributed by atoms with Gasteiger partial charge in [-0.05, 0) is 61.2 Å². The van der Waals surface area contributed by atoms with Crippen LogP contribution in [0.1, 0.15) is 22.3 Å². The summed E-state index contributed by atoms with van der Waals surface area (Å²) in [4.78, 5) is 4.66. The SMILES string of the molecule is Cc1cc(C)cc(NC(N)=NCc2ccc(S(C)(=O)=O)c(C)c2)c1. The molecular formula is C18H23N3O2S. The molecule has 2 aromatic rings. The number of sulfone groups is 1. The maximum absolute atomic E-state index is 11.6. The van der Waals surface area contributed by atoms with E-state index < -0.39 is 9.84 Å². The zero-order valence-corrected chi connectivity index (χ0v) is 15.2. The van der Waals surface area contributed by atoms with E-state index in [0.717, 1.165) is 22.4 Å². The Bertz CT molecular complexity index is 867. The molecule has 128 valence electrons. The second kappa shape index (κ2) is 7.05. The van der Waals surface area contributed by atoms with Gasteiger partial charge >= 0.3 is 0 Å². The van der Waals surface area contributed by atoms with Gasteiger partial charge in [0.05, 0.1) is 11.4 Å². The number of hydrogen-bond donors (Lipinski definition) is 2. The first-order valence-electron chi connectivity index (χ1n) is 7.60. The van der Waals surface area contributed by atoms with Crippen molar-refractivity contribution in [2.24, 2.45) is 10.7 Å². The molecule has 0 atom stereocenters. The quantitative estimate of drug-likeness (QED) is 0.659. The van der Waals surface area contributed by atoms with Crippen molar-refractivity contribution in [3.63, 3.8) is 0 Å². The van der Waals surface area contributed by atoms with Crippen molar-refractivity contribution in [3.8, 4) is 0 Å². The van der Waals surface area contributed by atoms with Crippen LogP contribution in [0.25, 0.3) is 0 Å². The highest BCUT2D eigenvalue weighted by molar-refractivity contribution is 7.90. The minimum atomic E-state index is -3.20. The summed E-state index contributed by atoms with van der Waals surface area (Å²) < 4.78 is 23.3. The van der Waals surface area contributed by atoms with Crippen LogP contribution in [0, 0.1) is 20.8 Å². The van der Waals surface area contributed by atoms with Crippen molar-refractivity contribution in [1.29, 1.82) is 0 Å². The van der Waals surface area contributed by atoms with Crippen molar-refractivity contribution in [3.05, 3.63) is 58.7 Å². The lowest BCUT2D eigenvalue weighted by molar-refractivity contribution is 0.601. The third-order valence-corrected chi connectivity index (χ3v) is 4.82. The first kappa shape index (κ1) is 18.0. The van der Waals surface area contributed by atoms with E-state index in [2.05, 4.69) is 16.4 Å². The van der Waals surface area contributed by atoms with Crippen LogP contribution in [0.15, 0.2) is 46.3 Å². The predicted molar refractivity (Wildman–Crippen MR) is 99.2 cm³/mol. The van der Waals surface area contributed by atoms with Crippen LogP contribution in [-0.4, -0.2) is 20.6 Å². The molecule has 0 aliphatic carbocycles. The van der Waals surface area contributed by atoms with Gasteiger partial charge in [-0.25, -0.2) is 13.4 Å². The van der Waals surface area contributed by atoms with Crippen molar-refractivity contribution in [2.75, 3.05) is 11.6 Å². The molecule has 0 heterocycles. The predicted octanol–water partition coefficient (Wildman–Crippen LogP) is 2.94. The summed E-state index contributed by atoms with van der Waals surface area (Å²) >= 11 is 0. The number of anilines is 1. The van der Waals surface area contributed by atoms with Crippen LogP contribution in [0.2, 0.25) is 0 Å². The summed E-state index contributed by atoms with van der Waals surface area (Å²) in [5, 5.41) is 3.08. The summed E-state index contributed by atoms with van der Waals surface area (Å²) in [6.07, 6.45) is 1.21. The second-order valence-corrected chi connectivity index (χ2v) is 8.06.